The fourth-order valence-corrected chi connectivity index (χ4v) is 2.31. The van der Waals surface area contributed by atoms with Gasteiger partial charge in [0.2, 0.25) is 0 Å². The highest BCUT2D eigenvalue weighted by molar-refractivity contribution is 6.30. The molecule has 0 aliphatic carbocycles. The van der Waals surface area contributed by atoms with E-state index in [1.54, 1.807) is 18.5 Å². The average Bonchev–Trinajstić information content (AvgIpc) is 2.39. The van der Waals surface area contributed by atoms with E-state index in [1.165, 1.54) is 0 Å². The molecule has 0 saturated heterocycles. The molecule has 0 atom stereocenters. The molecular formula is C14H11ClN2O. The number of hydrogen-bond donors (Lipinski definition) is 0. The summed E-state index contributed by atoms with van der Waals surface area (Å²) in [6.45, 7) is 1.11. The number of halogens is 1. The lowest BCUT2D eigenvalue weighted by atomic mass is 10.0. The van der Waals surface area contributed by atoms with Gasteiger partial charge in [-0.25, -0.2) is 0 Å². The van der Waals surface area contributed by atoms with Gasteiger partial charge in [-0.05, 0) is 30.3 Å². The van der Waals surface area contributed by atoms with Gasteiger partial charge in [0, 0.05) is 40.8 Å². The number of ketones is 1. The molecule has 3 nitrogen and oxygen atoms in total. The van der Waals surface area contributed by atoms with Crippen molar-refractivity contribution in [2.45, 2.75) is 6.54 Å². The van der Waals surface area contributed by atoms with Crippen LogP contribution in [0.1, 0.15) is 15.9 Å². The van der Waals surface area contributed by atoms with Crippen molar-refractivity contribution in [2.75, 3.05) is 11.4 Å². The zero-order valence-corrected chi connectivity index (χ0v) is 10.4. The molecule has 1 aromatic heterocycles. The van der Waals surface area contributed by atoms with Crippen LogP contribution in [0.3, 0.4) is 0 Å². The molecule has 0 spiro atoms. The predicted molar refractivity (Wildman–Crippen MR) is 71.1 cm³/mol. The molecule has 1 aromatic carbocycles. The van der Waals surface area contributed by atoms with Crippen molar-refractivity contribution < 1.29 is 4.79 Å². The van der Waals surface area contributed by atoms with Gasteiger partial charge in [-0.2, -0.15) is 0 Å². The third kappa shape index (κ3) is 1.97. The summed E-state index contributed by atoms with van der Waals surface area (Å²) < 4.78 is 0. The van der Waals surface area contributed by atoms with Crippen LogP contribution in [0.5, 0.6) is 0 Å². The van der Waals surface area contributed by atoms with Crippen molar-refractivity contribution in [1.29, 1.82) is 0 Å². The Morgan fingerprint density at radius 2 is 1.89 bits per heavy atom. The summed E-state index contributed by atoms with van der Waals surface area (Å²) in [6, 6.07) is 9.31. The highest BCUT2D eigenvalue weighted by Crippen LogP contribution is 2.24. The minimum Gasteiger partial charge on any atom is -0.359 e. The number of aromatic nitrogens is 1. The minimum atomic E-state index is 0.133. The first-order valence-electron chi connectivity index (χ1n) is 5.70. The largest absolute Gasteiger partial charge is 0.359 e. The Kier molecular flexibility index (Phi) is 2.76. The summed E-state index contributed by atoms with van der Waals surface area (Å²) in [6.07, 6.45) is 3.42. The zero-order chi connectivity index (χ0) is 12.5. The number of carbonyl (C=O) groups is 1. The molecule has 18 heavy (non-hydrogen) atoms. The quantitative estimate of drug-likeness (QED) is 0.789. The van der Waals surface area contributed by atoms with Gasteiger partial charge in [0.05, 0.1) is 6.54 Å². The molecule has 3 rings (SSSR count). The average molecular weight is 259 g/mol. The van der Waals surface area contributed by atoms with Gasteiger partial charge in [0.1, 0.15) is 0 Å². The number of nitrogens with zero attached hydrogens (tertiary/aromatic N) is 2. The molecule has 0 fully saturated rings. The Morgan fingerprint density at radius 1 is 1.11 bits per heavy atom. The lowest BCUT2D eigenvalue weighted by molar-refractivity contribution is 0.0992. The fourth-order valence-electron chi connectivity index (χ4n) is 2.18. The van der Waals surface area contributed by atoms with Crippen LogP contribution >= 0.6 is 11.6 Å². The molecule has 0 amide bonds. The van der Waals surface area contributed by atoms with Gasteiger partial charge in [-0.15, -0.1) is 0 Å². The Balaban J connectivity index is 1.94. The summed E-state index contributed by atoms with van der Waals surface area (Å²) in [5.74, 6) is 0.133. The summed E-state index contributed by atoms with van der Waals surface area (Å²) in [7, 11) is 0. The molecule has 0 radical (unpaired) electrons. The van der Waals surface area contributed by atoms with Crippen LogP contribution in [-0.4, -0.2) is 17.3 Å². The summed E-state index contributed by atoms with van der Waals surface area (Å²) in [5.41, 5.74) is 2.76. The molecule has 0 unspecified atom stereocenters. The van der Waals surface area contributed by atoms with Crippen LogP contribution in [0.15, 0.2) is 42.7 Å². The third-order valence-corrected chi connectivity index (χ3v) is 3.34. The highest BCUT2D eigenvalue weighted by Gasteiger charge is 2.22. The lowest BCUT2D eigenvalue weighted by Gasteiger charge is -2.29. The van der Waals surface area contributed by atoms with Crippen molar-refractivity contribution in [3.05, 3.63) is 58.9 Å². The van der Waals surface area contributed by atoms with Crippen molar-refractivity contribution in [1.82, 2.24) is 4.98 Å². The van der Waals surface area contributed by atoms with Gasteiger partial charge in [-0.1, -0.05) is 11.6 Å². The number of anilines is 1. The number of benzene rings is 1. The SMILES string of the molecule is O=C1CN(c2ccc(Cl)cc2)Cc2cnccc21. The number of carbonyl (C=O) groups excluding carboxylic acids is 1. The van der Waals surface area contributed by atoms with Crippen molar-refractivity contribution in [3.63, 3.8) is 0 Å². The number of hydrogen-bond acceptors (Lipinski definition) is 3. The van der Waals surface area contributed by atoms with E-state index in [0.717, 1.165) is 16.8 Å². The predicted octanol–water partition coefficient (Wildman–Crippen LogP) is 2.94. The fraction of sp³-hybridized carbons (Fsp3) is 0.143. The first kappa shape index (κ1) is 11.2. The molecule has 0 saturated carbocycles. The van der Waals surface area contributed by atoms with Crippen molar-refractivity contribution >= 4 is 23.1 Å². The summed E-state index contributed by atoms with van der Waals surface area (Å²) in [4.78, 5) is 18.1. The Bertz CT molecular complexity index is 595. The second-order valence-corrected chi connectivity index (χ2v) is 4.72. The second-order valence-electron chi connectivity index (χ2n) is 4.29. The number of rotatable bonds is 1. The number of pyridine rings is 1. The van der Waals surface area contributed by atoms with E-state index in [4.69, 9.17) is 11.6 Å². The van der Waals surface area contributed by atoms with E-state index in [0.29, 0.717) is 18.1 Å². The van der Waals surface area contributed by atoms with Crippen LogP contribution in [0, 0.1) is 0 Å². The van der Waals surface area contributed by atoms with Crippen LogP contribution in [0.25, 0.3) is 0 Å². The zero-order valence-electron chi connectivity index (χ0n) is 9.64. The Hall–Kier alpha value is -1.87. The van der Waals surface area contributed by atoms with Crippen LogP contribution in [0.4, 0.5) is 5.69 Å². The molecular weight excluding hydrogens is 248 g/mol. The number of fused-ring (bicyclic) bond motifs is 1. The first-order valence-corrected chi connectivity index (χ1v) is 6.08. The van der Waals surface area contributed by atoms with E-state index in [2.05, 4.69) is 4.98 Å². The van der Waals surface area contributed by atoms with Crippen molar-refractivity contribution in [3.8, 4) is 0 Å². The lowest BCUT2D eigenvalue weighted by Crippen LogP contribution is -2.35. The standard InChI is InChI=1S/C14H11ClN2O/c15-11-1-3-12(4-2-11)17-8-10-7-16-6-5-13(10)14(18)9-17/h1-7H,8-9H2. The smallest absolute Gasteiger partial charge is 0.182 e. The van der Waals surface area contributed by atoms with E-state index in [1.807, 2.05) is 29.2 Å². The van der Waals surface area contributed by atoms with Gasteiger partial charge in [0.25, 0.3) is 0 Å². The monoisotopic (exact) mass is 258 g/mol. The third-order valence-electron chi connectivity index (χ3n) is 3.09. The maximum Gasteiger partial charge on any atom is 0.182 e. The molecule has 4 heteroatoms. The minimum absolute atomic E-state index is 0.133. The Morgan fingerprint density at radius 3 is 2.67 bits per heavy atom. The second kappa shape index (κ2) is 4.42. The van der Waals surface area contributed by atoms with Crippen molar-refractivity contribution in [2.24, 2.45) is 0 Å². The molecule has 0 bridgehead atoms. The normalized spacial score (nSPS) is 14.5. The van der Waals surface area contributed by atoms with E-state index >= 15 is 0 Å². The summed E-state index contributed by atoms with van der Waals surface area (Å²) in [5, 5.41) is 0.698. The molecule has 1 aliphatic heterocycles. The Labute approximate surface area is 110 Å². The van der Waals surface area contributed by atoms with Crippen LogP contribution < -0.4 is 4.90 Å². The van der Waals surface area contributed by atoms with Gasteiger partial charge in [-0.3, -0.25) is 9.78 Å². The highest BCUT2D eigenvalue weighted by atomic mass is 35.5. The molecule has 2 aromatic rings. The number of Topliss-reactive ketones (excluding diaryl/α,β-unsaturated/α-hetero) is 1. The molecule has 90 valence electrons. The molecule has 2 heterocycles. The first-order chi connectivity index (χ1) is 8.74. The topological polar surface area (TPSA) is 33.2 Å². The van der Waals surface area contributed by atoms with E-state index < -0.39 is 0 Å². The van der Waals surface area contributed by atoms with E-state index in [9.17, 15) is 4.79 Å². The van der Waals surface area contributed by atoms with Crippen LogP contribution in [-0.2, 0) is 6.54 Å². The maximum absolute atomic E-state index is 12.0. The molecule has 1 aliphatic rings. The van der Waals surface area contributed by atoms with E-state index in [-0.39, 0.29) is 5.78 Å². The maximum atomic E-state index is 12.0. The molecule has 0 N–H and O–H groups in total. The van der Waals surface area contributed by atoms with Gasteiger partial charge < -0.3 is 4.90 Å². The van der Waals surface area contributed by atoms with Gasteiger partial charge in [0.15, 0.2) is 5.78 Å². The van der Waals surface area contributed by atoms with Gasteiger partial charge >= 0.3 is 0 Å². The van der Waals surface area contributed by atoms with Crippen LogP contribution in [0.2, 0.25) is 5.02 Å². The summed E-state index contributed by atoms with van der Waals surface area (Å²) >= 11 is 5.86.